The molecule has 0 aliphatic carbocycles. The molecule has 0 bridgehead atoms. The Kier molecular flexibility index (Phi) is 5.54. The summed E-state index contributed by atoms with van der Waals surface area (Å²) < 4.78 is 1.11. The van der Waals surface area contributed by atoms with Crippen LogP contribution in [0.2, 0.25) is 0 Å². The third-order valence-corrected chi connectivity index (χ3v) is 4.40. The summed E-state index contributed by atoms with van der Waals surface area (Å²) in [6, 6.07) is 16.0. The molecule has 0 saturated heterocycles. The third kappa shape index (κ3) is 3.01. The number of amides is 2. The van der Waals surface area contributed by atoms with Crippen LogP contribution in [0.4, 0.5) is 0 Å². The number of nitrogens with zero attached hydrogens (tertiary/aromatic N) is 1. The second-order valence-electron chi connectivity index (χ2n) is 4.33. The molecule has 22 heavy (non-hydrogen) atoms. The average molecular weight is 366 g/mol. The fourth-order valence-electron chi connectivity index (χ4n) is 2.06. The van der Waals surface area contributed by atoms with Crippen molar-refractivity contribution in [2.45, 2.75) is 0 Å². The van der Waals surface area contributed by atoms with Crippen LogP contribution in [0.1, 0.15) is 26.3 Å². The van der Waals surface area contributed by atoms with Gasteiger partial charge in [0.15, 0.2) is 0 Å². The molecule has 2 amide bonds. The van der Waals surface area contributed by atoms with Crippen molar-refractivity contribution in [3.8, 4) is 0 Å². The second kappa shape index (κ2) is 7.20. The van der Waals surface area contributed by atoms with Gasteiger partial charge in [0.2, 0.25) is 0 Å². The maximum absolute atomic E-state index is 12.3. The van der Waals surface area contributed by atoms with E-state index in [4.69, 9.17) is 11.6 Å². The van der Waals surface area contributed by atoms with Crippen molar-refractivity contribution in [2.24, 2.45) is 0 Å². The van der Waals surface area contributed by atoms with E-state index in [1.807, 2.05) is 30.3 Å². The van der Waals surface area contributed by atoms with Gasteiger partial charge in [-0.2, -0.15) is 11.1 Å². The fraction of sp³-hybridized carbons (Fsp3) is 0. The molecule has 1 heterocycles. The van der Waals surface area contributed by atoms with E-state index in [1.54, 1.807) is 24.3 Å². The normalized spacial score (nSPS) is 13.9. The molecule has 1 aliphatic heterocycles. The van der Waals surface area contributed by atoms with Crippen molar-refractivity contribution in [2.75, 3.05) is 0 Å². The van der Waals surface area contributed by atoms with Crippen LogP contribution >= 0.6 is 23.5 Å². The Morgan fingerprint density at radius 1 is 0.909 bits per heavy atom. The summed E-state index contributed by atoms with van der Waals surface area (Å²) in [6.45, 7) is 0. The number of hydrogen-bond acceptors (Lipinski definition) is 3. The van der Waals surface area contributed by atoms with Gasteiger partial charge in [-0.25, -0.2) is 15.9 Å². The topological polar surface area (TPSA) is 37.4 Å². The maximum atomic E-state index is 12.3. The van der Waals surface area contributed by atoms with E-state index < -0.39 is 0 Å². The molecular weight excluding hydrogens is 357 g/mol. The number of benzene rings is 2. The number of carbonyl (C=O) groups excluding carboxylic acids is 2. The van der Waals surface area contributed by atoms with E-state index in [-0.39, 0.29) is 30.4 Å². The van der Waals surface area contributed by atoms with E-state index in [9.17, 15) is 9.59 Å². The van der Waals surface area contributed by atoms with Gasteiger partial charge in [-0.3, -0.25) is 9.59 Å². The van der Waals surface area contributed by atoms with E-state index in [0.29, 0.717) is 16.0 Å². The van der Waals surface area contributed by atoms with Gasteiger partial charge in [0.05, 0.1) is 11.1 Å². The van der Waals surface area contributed by atoms with Crippen molar-refractivity contribution < 1.29 is 28.1 Å². The van der Waals surface area contributed by atoms with Crippen LogP contribution in [0, 0.1) is 5.54 Å². The number of carbonyl (C=O) groups is 2. The van der Waals surface area contributed by atoms with Crippen molar-refractivity contribution in [3.05, 3.63) is 76.8 Å². The molecule has 109 valence electrons. The van der Waals surface area contributed by atoms with Gasteiger partial charge in [0.25, 0.3) is 11.8 Å². The predicted molar refractivity (Wildman–Crippen MR) is 83.5 cm³/mol. The van der Waals surface area contributed by atoms with Gasteiger partial charge in [0, 0.05) is 18.6 Å². The SMILES string of the molecule is O=C1c2ccccc2C(=O)N1SC(=[C-]Cl)c1ccccc1.[V]. The van der Waals surface area contributed by atoms with Crippen LogP contribution in [0.3, 0.4) is 0 Å². The van der Waals surface area contributed by atoms with Gasteiger partial charge >= 0.3 is 0 Å². The average Bonchev–Trinajstić information content (AvgIpc) is 2.78. The molecule has 1 radical (unpaired) electrons. The molecule has 0 unspecified atom stereocenters. The van der Waals surface area contributed by atoms with Crippen LogP contribution < -0.4 is 0 Å². The zero-order chi connectivity index (χ0) is 14.8. The van der Waals surface area contributed by atoms with Crippen molar-refractivity contribution in [3.63, 3.8) is 0 Å². The fourth-order valence-corrected chi connectivity index (χ4v) is 3.09. The summed E-state index contributed by atoms with van der Waals surface area (Å²) in [5, 5.41) is 0. The van der Waals surface area contributed by atoms with Crippen molar-refractivity contribution >= 4 is 40.3 Å². The summed E-state index contributed by atoms with van der Waals surface area (Å²) in [6.07, 6.45) is 0. The molecule has 0 atom stereocenters. The third-order valence-electron chi connectivity index (χ3n) is 3.06. The van der Waals surface area contributed by atoms with Gasteiger partial charge in [0.1, 0.15) is 0 Å². The molecule has 0 N–H and O–H groups in total. The minimum atomic E-state index is -0.332. The summed E-state index contributed by atoms with van der Waals surface area (Å²) in [4.78, 5) is 25.1. The zero-order valence-corrected chi connectivity index (χ0v) is 14.2. The molecule has 3 nitrogen and oxygen atoms in total. The Labute approximate surface area is 149 Å². The Balaban J connectivity index is 0.00000176. The van der Waals surface area contributed by atoms with E-state index >= 15 is 0 Å². The zero-order valence-electron chi connectivity index (χ0n) is 11.2. The van der Waals surface area contributed by atoms with E-state index in [2.05, 4.69) is 5.54 Å². The molecule has 2 aromatic carbocycles. The van der Waals surface area contributed by atoms with Crippen LogP contribution in [-0.4, -0.2) is 16.1 Å². The molecule has 3 rings (SSSR count). The maximum Gasteiger partial charge on any atom is 0.271 e. The summed E-state index contributed by atoms with van der Waals surface area (Å²) in [5.41, 5.74) is 4.15. The smallest absolute Gasteiger partial charge is 0.268 e. The number of halogens is 1. The molecular formula is C16H9ClNO2SV-. The monoisotopic (exact) mass is 365 g/mol. The molecule has 1 aliphatic rings. The second-order valence-corrected chi connectivity index (χ2v) is 5.48. The quantitative estimate of drug-likeness (QED) is 0.469. The van der Waals surface area contributed by atoms with E-state index in [1.165, 1.54) is 0 Å². The first-order chi connectivity index (χ1) is 10.2. The first kappa shape index (κ1) is 16.9. The molecule has 0 spiro atoms. The largest absolute Gasteiger partial charge is 0.271 e. The Morgan fingerprint density at radius 2 is 1.41 bits per heavy atom. The van der Waals surface area contributed by atoms with Crippen molar-refractivity contribution in [1.29, 1.82) is 0 Å². The molecule has 0 fully saturated rings. The van der Waals surface area contributed by atoms with Crippen LogP contribution in [-0.2, 0) is 18.6 Å². The van der Waals surface area contributed by atoms with Gasteiger partial charge < -0.3 is 0 Å². The van der Waals surface area contributed by atoms with Crippen LogP contribution in [0.15, 0.2) is 54.6 Å². The molecule has 2 aromatic rings. The first-order valence-electron chi connectivity index (χ1n) is 6.17. The van der Waals surface area contributed by atoms with Crippen LogP contribution in [0.25, 0.3) is 4.91 Å². The Morgan fingerprint density at radius 3 is 1.91 bits per heavy atom. The van der Waals surface area contributed by atoms with Gasteiger partial charge in [-0.05, 0) is 24.1 Å². The Hall–Kier alpha value is -1.46. The first-order valence-corrected chi connectivity index (χ1v) is 7.32. The van der Waals surface area contributed by atoms with Crippen LogP contribution in [0.5, 0.6) is 0 Å². The number of imide groups is 1. The molecule has 0 aromatic heterocycles. The Bertz CT molecular complexity index is 714. The standard InChI is InChI=1S/C16H9ClNO2S.V/c17-10-14(11-6-2-1-3-7-11)21-18-15(19)12-8-4-5-9-13(12)16(18)20;/h1-9H;/q-1;. The van der Waals surface area contributed by atoms with E-state index in [0.717, 1.165) is 21.8 Å². The number of hydrogen-bond donors (Lipinski definition) is 0. The minimum Gasteiger partial charge on any atom is -0.268 e. The molecule has 6 heteroatoms. The minimum absolute atomic E-state index is 0. The predicted octanol–water partition coefficient (Wildman–Crippen LogP) is 3.97. The van der Waals surface area contributed by atoms with Crippen molar-refractivity contribution in [1.82, 2.24) is 4.31 Å². The van der Waals surface area contributed by atoms with Gasteiger partial charge in [-0.1, -0.05) is 30.3 Å². The summed E-state index contributed by atoms with van der Waals surface area (Å²) in [5.74, 6) is -0.665. The number of rotatable bonds is 3. The van der Waals surface area contributed by atoms with Gasteiger partial charge in [-0.15, -0.1) is 17.0 Å². The molecule has 0 saturated carbocycles. The summed E-state index contributed by atoms with van der Waals surface area (Å²) >= 11 is 6.72. The summed E-state index contributed by atoms with van der Waals surface area (Å²) in [7, 11) is 0. The number of fused-ring (bicyclic) bond motifs is 1.